The van der Waals surface area contributed by atoms with Gasteiger partial charge in [-0.3, -0.25) is 5.41 Å². The summed E-state index contributed by atoms with van der Waals surface area (Å²) in [5, 5.41) is 8.24. The fraction of sp³-hybridized carbons (Fsp3) is 0.346. The van der Waals surface area contributed by atoms with E-state index in [1.807, 2.05) is 26.0 Å². The second-order valence-electron chi connectivity index (χ2n) is 8.06. The number of ether oxygens (including phenoxy) is 2. The second kappa shape index (κ2) is 10.3. The van der Waals surface area contributed by atoms with Gasteiger partial charge in [-0.2, -0.15) is 13.2 Å². The van der Waals surface area contributed by atoms with Gasteiger partial charge in [-0.25, -0.2) is 9.78 Å². The van der Waals surface area contributed by atoms with E-state index in [9.17, 15) is 18.0 Å². The summed E-state index contributed by atoms with van der Waals surface area (Å²) in [6, 6.07) is 9.61. The maximum Gasteiger partial charge on any atom is 0.433 e. The molecule has 0 bridgehead atoms. The van der Waals surface area contributed by atoms with E-state index in [2.05, 4.69) is 4.98 Å². The Morgan fingerprint density at radius 1 is 1.09 bits per heavy atom. The molecule has 0 aliphatic carbocycles. The number of nitrogens with one attached hydrogen (secondary N) is 1. The van der Waals surface area contributed by atoms with Gasteiger partial charge in [0.05, 0.1) is 19.2 Å². The summed E-state index contributed by atoms with van der Waals surface area (Å²) in [6.45, 7) is 5.94. The minimum Gasteiger partial charge on any atom is -0.480 e. The Balaban J connectivity index is 2.39. The summed E-state index contributed by atoms with van der Waals surface area (Å²) < 4.78 is 50.5. The molecule has 1 aromatic heterocycles. The maximum atomic E-state index is 13.3. The number of fused-ring (bicyclic) bond motifs is 1. The van der Waals surface area contributed by atoms with Crippen LogP contribution in [-0.4, -0.2) is 36.6 Å². The molecule has 3 N–H and O–H groups in total. The van der Waals surface area contributed by atoms with Crippen LogP contribution in [-0.2, 0) is 4.74 Å². The van der Waals surface area contributed by atoms with Crippen LogP contribution < -0.4 is 10.5 Å². The van der Waals surface area contributed by atoms with Crippen molar-refractivity contribution in [3.8, 4) is 17.0 Å². The number of esters is 1. The molecule has 0 unspecified atom stereocenters. The summed E-state index contributed by atoms with van der Waals surface area (Å²) >= 11 is 0. The first-order valence-electron chi connectivity index (χ1n) is 11.3. The van der Waals surface area contributed by atoms with Gasteiger partial charge in [-0.05, 0) is 55.0 Å². The van der Waals surface area contributed by atoms with E-state index in [1.54, 1.807) is 19.1 Å². The zero-order valence-corrected chi connectivity index (χ0v) is 20.0. The average molecular weight is 488 g/mol. The van der Waals surface area contributed by atoms with Gasteiger partial charge in [0.15, 0.2) is 0 Å². The first kappa shape index (κ1) is 26.0. The van der Waals surface area contributed by atoms with Crippen LogP contribution >= 0.6 is 0 Å². The van der Waals surface area contributed by atoms with E-state index in [0.29, 0.717) is 22.0 Å². The molecule has 0 aliphatic rings. The highest BCUT2D eigenvalue weighted by Crippen LogP contribution is 2.40. The number of benzene rings is 2. The Morgan fingerprint density at radius 3 is 2.34 bits per heavy atom. The highest BCUT2D eigenvalue weighted by molar-refractivity contribution is 6.08. The van der Waals surface area contributed by atoms with E-state index < -0.39 is 23.4 Å². The summed E-state index contributed by atoms with van der Waals surface area (Å²) in [4.78, 5) is 17.1. The number of hydrogen-bond donors (Lipinski definition) is 2. The van der Waals surface area contributed by atoms with Gasteiger partial charge in [-0.1, -0.05) is 32.0 Å². The van der Waals surface area contributed by atoms with Crippen molar-refractivity contribution in [2.24, 2.45) is 0 Å². The lowest BCUT2D eigenvalue weighted by Gasteiger charge is -2.21. The Hall–Kier alpha value is -3.62. The SMILES string of the molecule is CCOC(=O)c1cc2ccc(C(CC)CC)c(-c3ccc(N)c(C(=N)C(F)(F)F)c3)c2nc1OC. The number of anilines is 1. The van der Waals surface area contributed by atoms with Crippen LogP contribution in [0.15, 0.2) is 36.4 Å². The van der Waals surface area contributed by atoms with Crippen LogP contribution in [0.4, 0.5) is 18.9 Å². The number of nitrogen functional groups attached to an aromatic ring is 1. The third-order valence-corrected chi connectivity index (χ3v) is 5.99. The highest BCUT2D eigenvalue weighted by atomic mass is 19.4. The van der Waals surface area contributed by atoms with Crippen molar-refractivity contribution in [2.75, 3.05) is 19.5 Å². The number of hydrogen-bond acceptors (Lipinski definition) is 6. The van der Waals surface area contributed by atoms with Gasteiger partial charge >= 0.3 is 12.1 Å². The molecule has 0 atom stereocenters. The molecule has 3 aromatic rings. The Kier molecular flexibility index (Phi) is 7.67. The molecule has 2 aromatic carbocycles. The summed E-state index contributed by atoms with van der Waals surface area (Å²) in [7, 11) is 1.38. The van der Waals surface area contributed by atoms with Crippen LogP contribution in [0.5, 0.6) is 5.88 Å². The molecule has 35 heavy (non-hydrogen) atoms. The molecule has 1 heterocycles. The van der Waals surface area contributed by atoms with Crippen molar-refractivity contribution in [1.82, 2.24) is 4.98 Å². The zero-order valence-electron chi connectivity index (χ0n) is 20.0. The van der Waals surface area contributed by atoms with Crippen LogP contribution in [0, 0.1) is 5.41 Å². The van der Waals surface area contributed by atoms with Crippen molar-refractivity contribution in [1.29, 1.82) is 5.41 Å². The molecular formula is C26H28F3N3O3. The van der Waals surface area contributed by atoms with Gasteiger partial charge in [0.2, 0.25) is 5.88 Å². The van der Waals surface area contributed by atoms with Crippen molar-refractivity contribution >= 4 is 28.3 Å². The average Bonchev–Trinajstić information content (AvgIpc) is 2.83. The Morgan fingerprint density at radius 2 is 1.77 bits per heavy atom. The number of pyridine rings is 1. The lowest BCUT2D eigenvalue weighted by molar-refractivity contribution is -0.0587. The standard InChI is InChI=1S/C26H28F3N3O3/c1-5-14(6-2)17-10-8-16-13-19(25(33)35-7-3)24(34-4)32-22(16)21(17)15-9-11-20(30)18(12-15)23(31)26(27,28)29/h8-14,31H,5-7,30H2,1-4H3. The molecule has 0 amide bonds. The monoisotopic (exact) mass is 487 g/mol. The number of carbonyl (C=O) groups excluding carboxylic acids is 1. The summed E-state index contributed by atoms with van der Waals surface area (Å²) in [5.74, 6) is -0.426. The normalized spacial score (nSPS) is 11.7. The fourth-order valence-electron chi connectivity index (χ4n) is 4.20. The molecule has 0 saturated carbocycles. The number of halogens is 3. The van der Waals surface area contributed by atoms with Crippen LogP contribution in [0.3, 0.4) is 0 Å². The first-order chi connectivity index (χ1) is 16.6. The highest BCUT2D eigenvalue weighted by Gasteiger charge is 2.36. The summed E-state index contributed by atoms with van der Waals surface area (Å²) in [6.07, 6.45) is -3.25. The Bertz CT molecular complexity index is 1270. The lowest BCUT2D eigenvalue weighted by Crippen LogP contribution is -2.24. The third kappa shape index (κ3) is 5.08. The molecule has 0 aliphatic heterocycles. The predicted octanol–water partition coefficient (Wildman–Crippen LogP) is 6.50. The molecule has 6 nitrogen and oxygen atoms in total. The molecule has 0 saturated heterocycles. The van der Waals surface area contributed by atoms with E-state index in [4.69, 9.17) is 20.6 Å². The molecule has 0 fully saturated rings. The van der Waals surface area contributed by atoms with Crippen molar-refractivity contribution < 1.29 is 27.4 Å². The fourth-order valence-corrected chi connectivity index (χ4v) is 4.20. The topological polar surface area (TPSA) is 98.3 Å². The number of rotatable bonds is 8. The summed E-state index contributed by atoms with van der Waals surface area (Å²) in [5.41, 5.74) is 6.33. The van der Waals surface area contributed by atoms with Gasteiger partial charge in [-0.15, -0.1) is 0 Å². The van der Waals surface area contributed by atoms with E-state index in [0.717, 1.165) is 18.4 Å². The number of nitrogens with zero attached hydrogens (tertiary/aromatic N) is 1. The van der Waals surface area contributed by atoms with E-state index >= 15 is 0 Å². The number of nitrogens with two attached hydrogens (primary N) is 1. The second-order valence-corrected chi connectivity index (χ2v) is 8.06. The largest absolute Gasteiger partial charge is 0.480 e. The van der Waals surface area contributed by atoms with Crippen molar-refractivity contribution in [3.63, 3.8) is 0 Å². The predicted molar refractivity (Wildman–Crippen MR) is 130 cm³/mol. The minimum atomic E-state index is -4.85. The molecule has 0 spiro atoms. The number of aromatic nitrogens is 1. The van der Waals surface area contributed by atoms with E-state index in [-0.39, 0.29) is 29.7 Å². The Labute approximate surface area is 201 Å². The van der Waals surface area contributed by atoms with Crippen LogP contribution in [0.2, 0.25) is 0 Å². The molecule has 3 rings (SSSR count). The van der Waals surface area contributed by atoms with Crippen molar-refractivity contribution in [2.45, 2.75) is 45.7 Å². The van der Waals surface area contributed by atoms with Crippen molar-refractivity contribution in [3.05, 3.63) is 53.1 Å². The quantitative estimate of drug-likeness (QED) is 0.215. The zero-order chi connectivity index (χ0) is 25.9. The van der Waals surface area contributed by atoms with Crippen LogP contribution in [0.25, 0.3) is 22.0 Å². The molecule has 186 valence electrons. The van der Waals surface area contributed by atoms with Gasteiger partial charge in [0.25, 0.3) is 0 Å². The maximum absolute atomic E-state index is 13.3. The molecule has 9 heteroatoms. The number of methoxy groups -OCH3 is 1. The van der Waals surface area contributed by atoms with Gasteiger partial charge in [0.1, 0.15) is 11.3 Å². The van der Waals surface area contributed by atoms with Gasteiger partial charge in [0, 0.05) is 22.2 Å². The van der Waals surface area contributed by atoms with E-state index in [1.165, 1.54) is 19.2 Å². The van der Waals surface area contributed by atoms with Gasteiger partial charge < -0.3 is 15.2 Å². The third-order valence-electron chi connectivity index (χ3n) is 5.99. The minimum absolute atomic E-state index is 0.0533. The number of carbonyl (C=O) groups is 1. The smallest absolute Gasteiger partial charge is 0.433 e. The van der Waals surface area contributed by atoms with Crippen LogP contribution in [0.1, 0.15) is 61.0 Å². The molecule has 0 radical (unpaired) electrons. The lowest BCUT2D eigenvalue weighted by atomic mass is 9.85. The number of alkyl halides is 3. The molecular weight excluding hydrogens is 459 g/mol. The first-order valence-corrected chi connectivity index (χ1v) is 11.3.